The minimum atomic E-state index is -1.98. The Hall–Kier alpha value is -3.63. The van der Waals surface area contributed by atoms with Crippen molar-refractivity contribution in [3.05, 3.63) is 102 Å². The van der Waals surface area contributed by atoms with Crippen molar-refractivity contribution in [2.45, 2.75) is 80.3 Å². The number of aromatic nitrogens is 1. The fraction of sp³-hybridized carbons (Fsp3) is 0.318. The molecule has 0 saturated heterocycles. The zero-order valence-electron chi connectivity index (χ0n) is 30.1. The quantitative estimate of drug-likeness (QED) is 0.0573. The van der Waals surface area contributed by atoms with Gasteiger partial charge < -0.3 is 5.11 Å². The van der Waals surface area contributed by atoms with Gasteiger partial charge in [-0.25, -0.2) is 0 Å². The number of nitrogens with zero attached hydrogens (tertiary/aromatic N) is 1. The first kappa shape index (κ1) is 36.6. The van der Waals surface area contributed by atoms with E-state index in [1.807, 2.05) is 33.9 Å². The summed E-state index contributed by atoms with van der Waals surface area (Å²) in [6.07, 6.45) is 6.89. The molecule has 0 fully saturated rings. The van der Waals surface area contributed by atoms with E-state index in [1.165, 1.54) is 76.2 Å². The summed E-state index contributed by atoms with van der Waals surface area (Å²) in [7, 11) is -1.98. The Kier molecular flexibility index (Phi) is 11.0. The van der Waals surface area contributed by atoms with Crippen LogP contribution in [0.4, 0.5) is 0 Å². The van der Waals surface area contributed by atoms with Crippen LogP contribution < -0.4 is 10.4 Å². The number of aliphatic hydroxyl groups is 1. The number of carbonyl (C=O) groups is 1. The van der Waals surface area contributed by atoms with Gasteiger partial charge in [-0.3, -0.25) is 9.78 Å². The number of benzene rings is 5. The number of aliphatic hydroxyl groups excluding tert-OH is 1. The molecule has 1 aromatic heterocycles. The van der Waals surface area contributed by atoms with Gasteiger partial charge in [-0.1, -0.05) is 105 Å². The van der Waals surface area contributed by atoms with Crippen LogP contribution >= 0.6 is 0 Å². The Morgan fingerprint density at radius 3 is 2.14 bits per heavy atom. The molecule has 0 bridgehead atoms. The Labute approximate surface area is 306 Å². The van der Waals surface area contributed by atoms with Crippen molar-refractivity contribution in [1.29, 1.82) is 0 Å². The number of aryl methyl sites for hydroxylation is 2. The molecule has 0 aliphatic carbocycles. The molecule has 0 atom stereocenters. The molecular weight excluding hydrogens is 795 g/mol. The minimum absolute atomic E-state index is 0. The van der Waals surface area contributed by atoms with Gasteiger partial charge in [0.05, 0.1) is 13.8 Å². The number of carbonyl (C=O) groups excluding carboxylic acids is 1. The van der Waals surface area contributed by atoms with Gasteiger partial charge in [0.25, 0.3) is 0 Å². The van der Waals surface area contributed by atoms with E-state index < -0.39 is 8.07 Å². The van der Waals surface area contributed by atoms with Crippen LogP contribution in [-0.4, -0.2) is 23.9 Å². The van der Waals surface area contributed by atoms with E-state index in [-0.39, 0.29) is 43.5 Å². The van der Waals surface area contributed by atoms with Crippen LogP contribution in [0.1, 0.15) is 64.5 Å². The van der Waals surface area contributed by atoms with Crippen LogP contribution in [0.3, 0.4) is 0 Å². The second kappa shape index (κ2) is 14.7. The van der Waals surface area contributed by atoms with Crippen LogP contribution in [0, 0.1) is 31.7 Å². The maximum absolute atomic E-state index is 11.7. The van der Waals surface area contributed by atoms with E-state index in [2.05, 4.69) is 99.7 Å². The maximum Gasteiger partial charge on any atom is 0.162 e. The number of hydrogen-bond acceptors (Lipinski definition) is 3. The van der Waals surface area contributed by atoms with E-state index in [9.17, 15) is 9.90 Å². The molecule has 1 aliphatic heterocycles. The number of rotatable bonds is 7. The zero-order valence-corrected chi connectivity index (χ0v) is 33.5. The van der Waals surface area contributed by atoms with Gasteiger partial charge in [-0.05, 0) is 89.0 Å². The summed E-state index contributed by atoms with van der Waals surface area (Å²) >= 11 is 0. The second-order valence-electron chi connectivity index (χ2n) is 14.1. The Balaban J connectivity index is 0.000000252. The van der Waals surface area contributed by atoms with Gasteiger partial charge >= 0.3 is 0 Å². The summed E-state index contributed by atoms with van der Waals surface area (Å²) in [5.74, 6) is 0.547. The molecule has 0 spiro atoms. The molecule has 5 aromatic carbocycles. The molecule has 255 valence electrons. The number of allylic oxidation sites excluding steroid dienone is 2. The van der Waals surface area contributed by atoms with Gasteiger partial charge in [-0.2, -0.15) is 0 Å². The van der Waals surface area contributed by atoms with Crippen LogP contribution in [0.2, 0.25) is 13.1 Å². The largest absolute Gasteiger partial charge is 0.512 e. The van der Waals surface area contributed by atoms with Crippen LogP contribution in [0.25, 0.3) is 54.3 Å². The van der Waals surface area contributed by atoms with E-state index in [0.717, 1.165) is 31.4 Å². The molecule has 6 aromatic rings. The number of fused-ring (bicyclic) bond motifs is 7. The minimum Gasteiger partial charge on any atom is -0.512 e. The molecule has 0 unspecified atom stereocenters. The predicted molar refractivity (Wildman–Crippen MR) is 209 cm³/mol. The van der Waals surface area contributed by atoms with Crippen molar-refractivity contribution in [3.8, 4) is 11.3 Å². The van der Waals surface area contributed by atoms with Crippen molar-refractivity contribution in [2.24, 2.45) is 11.8 Å². The van der Waals surface area contributed by atoms with Gasteiger partial charge in [0.15, 0.2) is 5.78 Å². The van der Waals surface area contributed by atoms with Crippen molar-refractivity contribution < 1.29 is 30.0 Å². The van der Waals surface area contributed by atoms with Gasteiger partial charge in [0, 0.05) is 49.9 Å². The third-order valence-electron chi connectivity index (χ3n) is 10.9. The molecule has 49 heavy (non-hydrogen) atoms. The van der Waals surface area contributed by atoms with E-state index in [4.69, 9.17) is 4.98 Å². The molecule has 1 N–H and O–H groups in total. The molecular formula is C44H48IrNO2Si-. The first-order valence-electron chi connectivity index (χ1n) is 17.7. The van der Waals surface area contributed by atoms with E-state index >= 15 is 0 Å². The second-order valence-corrected chi connectivity index (χ2v) is 18.4. The molecule has 1 aliphatic rings. The summed E-state index contributed by atoms with van der Waals surface area (Å²) in [5.41, 5.74) is 5.00. The van der Waals surface area contributed by atoms with E-state index in [0.29, 0.717) is 0 Å². The average Bonchev–Trinajstić information content (AvgIpc) is 3.08. The molecule has 5 heteroatoms. The predicted octanol–water partition coefficient (Wildman–Crippen LogP) is 10.8. The van der Waals surface area contributed by atoms with Crippen LogP contribution in [0.15, 0.2) is 84.8 Å². The van der Waals surface area contributed by atoms with Gasteiger partial charge in [-0.15, -0.1) is 28.8 Å². The Morgan fingerprint density at radius 2 is 1.45 bits per heavy atom. The summed E-state index contributed by atoms with van der Waals surface area (Å²) in [6, 6.07) is 28.8. The van der Waals surface area contributed by atoms with Crippen molar-refractivity contribution >= 4 is 67.3 Å². The monoisotopic (exact) mass is 843 g/mol. The maximum atomic E-state index is 11.7. The van der Waals surface area contributed by atoms with Crippen molar-refractivity contribution in [3.63, 3.8) is 0 Å². The SMILES string of the molecule is CCC(CC)C(=O)/C=C(\O)C(CC)CC.Cc1cc2ccc3c4ccnc5c4c(cc3c2cc1C)[Si](C)(C)c1cc2ccccc2[c-]c1-5.[Ir]. The molecule has 3 nitrogen and oxygen atoms in total. The van der Waals surface area contributed by atoms with Gasteiger partial charge in [0.1, 0.15) is 0 Å². The molecule has 0 amide bonds. The average molecular weight is 843 g/mol. The summed E-state index contributed by atoms with van der Waals surface area (Å²) in [4.78, 5) is 16.7. The molecule has 0 saturated carbocycles. The number of ketones is 1. The fourth-order valence-corrected chi connectivity index (χ4v) is 10.6. The number of pyridine rings is 1. The zero-order chi connectivity index (χ0) is 34.3. The standard InChI is InChI=1S/C31H24NSi.C13H24O2.Ir/c1-18-13-22-9-10-23-24-11-12-32-31-27-15-20-7-5-6-8-21(20)16-28(27)33(3,4)29(30(24)31)17-26(23)25(22)14-19(18)2;1-5-10(6-2)12(14)9-13(15)11(7-3)8-4;/h5-14,16-17H,1-4H3;9-11,14H,5-8H2,1-4H3;/q-1;;/b;12-9-;. The summed E-state index contributed by atoms with van der Waals surface area (Å²) in [5, 5.41) is 23.2. The topological polar surface area (TPSA) is 50.2 Å². The third kappa shape index (κ3) is 6.54. The van der Waals surface area contributed by atoms with Crippen molar-refractivity contribution in [2.75, 3.05) is 0 Å². The van der Waals surface area contributed by atoms with Crippen molar-refractivity contribution in [1.82, 2.24) is 4.98 Å². The van der Waals surface area contributed by atoms with Crippen LogP contribution in [-0.2, 0) is 24.9 Å². The molecule has 1 radical (unpaired) electrons. The number of hydrogen-bond donors (Lipinski definition) is 1. The first-order chi connectivity index (χ1) is 23.0. The van der Waals surface area contributed by atoms with Crippen LogP contribution in [0.5, 0.6) is 0 Å². The van der Waals surface area contributed by atoms with Gasteiger partial charge in [0.2, 0.25) is 0 Å². The summed E-state index contributed by atoms with van der Waals surface area (Å²) < 4.78 is 0. The Morgan fingerprint density at radius 1 is 0.776 bits per heavy atom. The summed E-state index contributed by atoms with van der Waals surface area (Å²) in [6.45, 7) is 17.5. The smallest absolute Gasteiger partial charge is 0.162 e. The molecule has 7 rings (SSSR count). The first-order valence-corrected chi connectivity index (χ1v) is 20.7. The van der Waals surface area contributed by atoms with E-state index in [1.54, 1.807) is 0 Å². The normalized spacial score (nSPS) is 13.5. The molecule has 2 heterocycles. The fourth-order valence-electron chi connectivity index (χ4n) is 7.64. The third-order valence-corrected chi connectivity index (χ3v) is 14.4. The Bertz CT molecular complexity index is 2230.